The molecule has 1 N–H and O–H groups in total. The van der Waals surface area contributed by atoms with Gasteiger partial charge in [0.25, 0.3) is 0 Å². The molecule has 0 fully saturated rings. The van der Waals surface area contributed by atoms with Crippen molar-refractivity contribution < 1.29 is 9.53 Å². The van der Waals surface area contributed by atoms with Gasteiger partial charge in [-0.2, -0.15) is 0 Å². The highest BCUT2D eigenvalue weighted by Crippen LogP contribution is 2.28. The van der Waals surface area contributed by atoms with Crippen molar-refractivity contribution in [3.05, 3.63) is 58.4 Å². The molecule has 4 rings (SSSR count). The second-order valence-corrected chi connectivity index (χ2v) is 10.9. The van der Waals surface area contributed by atoms with Crippen LogP contribution < -0.4 is 10.1 Å². The first-order valence-electron chi connectivity index (χ1n) is 11.2. The molecule has 2 heterocycles. The summed E-state index contributed by atoms with van der Waals surface area (Å²) in [5, 5.41) is 14.8. The zero-order valence-corrected chi connectivity index (χ0v) is 22.9. The van der Waals surface area contributed by atoms with Crippen molar-refractivity contribution in [3.8, 4) is 28.4 Å². The van der Waals surface area contributed by atoms with Crippen molar-refractivity contribution >= 4 is 50.1 Å². The second-order valence-electron chi connectivity index (χ2n) is 8.16. The van der Waals surface area contributed by atoms with Crippen LogP contribution in [-0.2, 0) is 11.3 Å². The van der Waals surface area contributed by atoms with E-state index in [9.17, 15) is 4.79 Å². The third-order valence-electron chi connectivity index (χ3n) is 4.95. The fraction of sp³-hybridized carbons (Fsp3) is 0.280. The number of thioether (sulfide) groups is 1. The maximum Gasteiger partial charge on any atom is 0.236 e. The zero-order chi connectivity index (χ0) is 24.8. The van der Waals surface area contributed by atoms with Gasteiger partial charge in [0.05, 0.1) is 18.1 Å². The van der Waals surface area contributed by atoms with Crippen LogP contribution in [0.3, 0.4) is 0 Å². The number of nitrogens with zero attached hydrogens (tertiary/aromatic N) is 4. The van der Waals surface area contributed by atoms with Gasteiger partial charge in [0.2, 0.25) is 5.91 Å². The Kier molecular flexibility index (Phi) is 8.59. The third kappa shape index (κ3) is 6.71. The number of rotatable bonds is 10. The maximum absolute atomic E-state index is 12.6. The minimum atomic E-state index is -0.134. The van der Waals surface area contributed by atoms with Crippen LogP contribution in [0, 0.1) is 5.92 Å². The summed E-state index contributed by atoms with van der Waals surface area (Å²) in [4.78, 5) is 17.1. The second kappa shape index (κ2) is 11.8. The van der Waals surface area contributed by atoms with Crippen LogP contribution in [0.25, 0.3) is 22.6 Å². The molecule has 7 nitrogen and oxygen atoms in total. The van der Waals surface area contributed by atoms with E-state index in [1.807, 2.05) is 65.4 Å². The molecule has 0 saturated heterocycles. The number of halogens is 1. The predicted octanol–water partition coefficient (Wildman–Crippen LogP) is 6.62. The molecule has 0 atom stereocenters. The van der Waals surface area contributed by atoms with Crippen molar-refractivity contribution in [2.75, 3.05) is 17.7 Å². The molecule has 0 aliphatic heterocycles. The number of aromatic nitrogens is 4. The molecule has 1 amide bonds. The first-order chi connectivity index (χ1) is 16.9. The van der Waals surface area contributed by atoms with Crippen LogP contribution in [0.5, 0.6) is 5.75 Å². The summed E-state index contributed by atoms with van der Waals surface area (Å²) in [6, 6.07) is 15.8. The van der Waals surface area contributed by atoms with Crippen LogP contribution in [0.1, 0.15) is 20.8 Å². The summed E-state index contributed by atoms with van der Waals surface area (Å²) < 4.78 is 8.79. The van der Waals surface area contributed by atoms with Crippen molar-refractivity contribution in [1.82, 2.24) is 19.7 Å². The number of carbonyl (C=O) groups is 1. The van der Waals surface area contributed by atoms with Crippen LogP contribution in [0.15, 0.2) is 63.5 Å². The Morgan fingerprint density at radius 3 is 2.51 bits per heavy atom. The van der Waals surface area contributed by atoms with E-state index in [2.05, 4.69) is 50.3 Å². The number of benzene rings is 2. The van der Waals surface area contributed by atoms with Gasteiger partial charge >= 0.3 is 0 Å². The largest absolute Gasteiger partial charge is 0.493 e. The number of nitrogens with one attached hydrogen (secondary N) is 1. The maximum atomic E-state index is 12.6. The van der Waals surface area contributed by atoms with Crippen LogP contribution >= 0.6 is 39.0 Å². The first kappa shape index (κ1) is 25.4. The fourth-order valence-corrected chi connectivity index (χ4v) is 5.03. The number of thiazole rings is 1. The predicted molar refractivity (Wildman–Crippen MR) is 146 cm³/mol. The first-order valence-corrected chi connectivity index (χ1v) is 13.9. The lowest BCUT2D eigenvalue weighted by Crippen LogP contribution is -2.14. The quantitative estimate of drug-likeness (QED) is 0.215. The summed E-state index contributed by atoms with van der Waals surface area (Å²) in [7, 11) is 0. The Hall–Kier alpha value is -2.69. The van der Waals surface area contributed by atoms with E-state index >= 15 is 0 Å². The lowest BCUT2D eigenvalue weighted by atomic mass is 10.2. The summed E-state index contributed by atoms with van der Waals surface area (Å²) >= 11 is 6.20. The lowest BCUT2D eigenvalue weighted by molar-refractivity contribution is -0.113. The molecule has 4 aromatic rings. The highest BCUT2D eigenvalue weighted by molar-refractivity contribution is 9.10. The topological polar surface area (TPSA) is 81.9 Å². The number of hydrogen-bond acceptors (Lipinski definition) is 7. The smallest absolute Gasteiger partial charge is 0.236 e. The molecule has 10 heteroatoms. The lowest BCUT2D eigenvalue weighted by Gasteiger charge is -2.10. The molecule has 0 radical (unpaired) electrons. The van der Waals surface area contributed by atoms with Gasteiger partial charge in [0.15, 0.2) is 16.1 Å². The molecular weight excluding hydrogens is 546 g/mol. The zero-order valence-electron chi connectivity index (χ0n) is 19.7. The van der Waals surface area contributed by atoms with E-state index in [1.165, 1.54) is 23.1 Å². The monoisotopic (exact) mass is 571 g/mol. The van der Waals surface area contributed by atoms with Crippen molar-refractivity contribution in [2.45, 2.75) is 32.5 Å². The number of anilines is 1. The average Bonchev–Trinajstić information content (AvgIpc) is 3.49. The highest BCUT2D eigenvalue weighted by atomic mass is 79.9. The Labute approximate surface area is 221 Å². The Morgan fingerprint density at radius 2 is 1.83 bits per heavy atom. The molecule has 0 unspecified atom stereocenters. The Balaban J connectivity index is 1.36. The van der Waals surface area contributed by atoms with Crippen LogP contribution in [-0.4, -0.2) is 38.0 Å². The average molecular weight is 573 g/mol. The molecule has 2 aromatic carbocycles. The van der Waals surface area contributed by atoms with E-state index in [4.69, 9.17) is 4.74 Å². The van der Waals surface area contributed by atoms with Gasteiger partial charge in [-0.15, -0.1) is 21.5 Å². The molecule has 35 heavy (non-hydrogen) atoms. The molecule has 0 bridgehead atoms. The Bertz CT molecular complexity index is 1270. The Morgan fingerprint density at radius 1 is 1.11 bits per heavy atom. The number of hydrogen-bond donors (Lipinski definition) is 1. The SMILES string of the molecule is CCn1c(SCC(=O)Nc2nc(-c3ccc(Br)cc3)cs2)nnc1-c1ccc(OCC(C)C)cc1. The van der Waals surface area contributed by atoms with E-state index in [0.717, 1.165) is 32.9 Å². The molecule has 2 aromatic heterocycles. The van der Waals surface area contributed by atoms with Gasteiger partial charge < -0.3 is 14.6 Å². The van der Waals surface area contributed by atoms with E-state index in [-0.39, 0.29) is 11.7 Å². The summed E-state index contributed by atoms with van der Waals surface area (Å²) in [5.41, 5.74) is 2.79. The normalized spacial score (nSPS) is 11.1. The van der Waals surface area contributed by atoms with Gasteiger partial charge in [-0.25, -0.2) is 4.98 Å². The van der Waals surface area contributed by atoms with Gasteiger partial charge in [0.1, 0.15) is 5.75 Å². The van der Waals surface area contributed by atoms with Gasteiger partial charge in [-0.05, 0) is 49.2 Å². The van der Waals surface area contributed by atoms with E-state index < -0.39 is 0 Å². The molecule has 0 aliphatic rings. The van der Waals surface area contributed by atoms with Gasteiger partial charge in [0, 0.05) is 27.5 Å². The van der Waals surface area contributed by atoms with Crippen molar-refractivity contribution in [2.24, 2.45) is 5.92 Å². The summed E-state index contributed by atoms with van der Waals surface area (Å²) in [6.07, 6.45) is 0. The molecule has 0 aliphatic carbocycles. The summed E-state index contributed by atoms with van der Waals surface area (Å²) in [5.74, 6) is 2.16. The highest BCUT2D eigenvalue weighted by Gasteiger charge is 2.16. The number of ether oxygens (including phenoxy) is 1. The molecule has 0 saturated carbocycles. The van der Waals surface area contributed by atoms with Crippen molar-refractivity contribution in [3.63, 3.8) is 0 Å². The minimum Gasteiger partial charge on any atom is -0.493 e. The fourth-order valence-electron chi connectivity index (χ4n) is 3.23. The standard InChI is InChI=1S/C25H26BrN5O2S2/c1-4-31-23(18-7-11-20(12-8-18)33-13-16(2)3)29-30-25(31)35-15-22(32)28-24-27-21(14-34-24)17-5-9-19(26)10-6-17/h5-12,14,16H,4,13,15H2,1-3H3,(H,27,28,32). The minimum absolute atomic E-state index is 0.134. The number of carbonyl (C=O) groups excluding carboxylic acids is 1. The molecule has 0 spiro atoms. The molecule has 182 valence electrons. The van der Waals surface area contributed by atoms with Crippen molar-refractivity contribution in [1.29, 1.82) is 0 Å². The van der Waals surface area contributed by atoms with Crippen LogP contribution in [0.4, 0.5) is 5.13 Å². The van der Waals surface area contributed by atoms with Crippen LogP contribution in [0.2, 0.25) is 0 Å². The summed E-state index contributed by atoms with van der Waals surface area (Å²) in [6.45, 7) is 7.66. The molecular formula is C25H26BrN5O2S2. The third-order valence-corrected chi connectivity index (χ3v) is 7.20. The van der Waals surface area contributed by atoms with E-state index in [1.54, 1.807) is 0 Å². The van der Waals surface area contributed by atoms with E-state index in [0.29, 0.717) is 29.4 Å². The van der Waals surface area contributed by atoms with Gasteiger partial charge in [-0.1, -0.05) is 53.7 Å². The number of amides is 1. The van der Waals surface area contributed by atoms with Gasteiger partial charge in [-0.3, -0.25) is 4.79 Å².